The van der Waals surface area contributed by atoms with Crippen molar-refractivity contribution in [1.82, 2.24) is 9.78 Å². The van der Waals surface area contributed by atoms with E-state index >= 15 is 0 Å². The topological polar surface area (TPSA) is 82.5 Å². The lowest BCUT2D eigenvalue weighted by atomic mass is 10.1. The van der Waals surface area contributed by atoms with Crippen LogP contribution in [-0.4, -0.2) is 29.9 Å². The van der Waals surface area contributed by atoms with Gasteiger partial charge in [0.05, 0.1) is 19.9 Å². The van der Waals surface area contributed by atoms with E-state index in [1.807, 2.05) is 0 Å². The molecule has 29 heavy (non-hydrogen) atoms. The SMILES string of the molecule is COc1ccc(-c2ccc(=O)n(CC(=O)Nc3cccc(Cl)c3C)n2)c(OC)c1. The summed E-state index contributed by atoms with van der Waals surface area (Å²) in [6.45, 7) is 1.57. The fourth-order valence-corrected chi connectivity index (χ4v) is 2.96. The van der Waals surface area contributed by atoms with Crippen molar-refractivity contribution >= 4 is 23.2 Å². The predicted octanol–water partition coefficient (Wildman–Crippen LogP) is 3.53. The second-order valence-corrected chi connectivity index (χ2v) is 6.65. The Labute approximate surface area is 172 Å². The zero-order valence-electron chi connectivity index (χ0n) is 16.2. The number of rotatable bonds is 6. The average molecular weight is 414 g/mol. The van der Waals surface area contributed by atoms with E-state index in [-0.39, 0.29) is 18.0 Å². The number of nitrogens with zero attached hydrogens (tertiary/aromatic N) is 2. The van der Waals surface area contributed by atoms with Crippen molar-refractivity contribution in [3.63, 3.8) is 0 Å². The Bertz CT molecular complexity index is 1110. The Hall–Kier alpha value is -3.32. The van der Waals surface area contributed by atoms with Crippen molar-refractivity contribution in [2.45, 2.75) is 13.5 Å². The van der Waals surface area contributed by atoms with E-state index in [1.54, 1.807) is 56.5 Å². The largest absolute Gasteiger partial charge is 0.497 e. The third-order valence-electron chi connectivity index (χ3n) is 4.39. The van der Waals surface area contributed by atoms with Crippen LogP contribution in [-0.2, 0) is 11.3 Å². The number of anilines is 1. The molecular formula is C21H20ClN3O4. The Morgan fingerprint density at radius 2 is 1.93 bits per heavy atom. The van der Waals surface area contributed by atoms with Gasteiger partial charge in [0.25, 0.3) is 5.56 Å². The molecule has 0 aliphatic heterocycles. The minimum absolute atomic E-state index is 0.239. The highest BCUT2D eigenvalue weighted by molar-refractivity contribution is 6.31. The third-order valence-corrected chi connectivity index (χ3v) is 4.80. The van der Waals surface area contributed by atoms with Gasteiger partial charge in [0, 0.05) is 28.4 Å². The molecule has 150 valence electrons. The van der Waals surface area contributed by atoms with Gasteiger partial charge in [-0.25, -0.2) is 4.68 Å². The summed E-state index contributed by atoms with van der Waals surface area (Å²) in [6, 6.07) is 13.4. The Morgan fingerprint density at radius 1 is 1.14 bits per heavy atom. The fraction of sp³-hybridized carbons (Fsp3) is 0.190. The van der Waals surface area contributed by atoms with Crippen LogP contribution in [0.1, 0.15) is 5.56 Å². The standard InChI is InChI=1S/C21H20ClN3O4/c1-13-16(22)5-4-6-17(13)23-20(26)12-25-21(27)10-9-18(24-25)15-8-7-14(28-2)11-19(15)29-3/h4-11H,12H2,1-3H3,(H,23,26). The number of hydrogen-bond donors (Lipinski definition) is 1. The number of aromatic nitrogens is 2. The van der Waals surface area contributed by atoms with Gasteiger partial charge in [-0.2, -0.15) is 5.10 Å². The number of carbonyl (C=O) groups excluding carboxylic acids is 1. The Balaban J connectivity index is 1.87. The maximum Gasteiger partial charge on any atom is 0.267 e. The molecular weight excluding hydrogens is 394 g/mol. The van der Waals surface area contributed by atoms with E-state index < -0.39 is 0 Å². The van der Waals surface area contributed by atoms with Crippen molar-refractivity contribution in [2.75, 3.05) is 19.5 Å². The molecule has 3 aromatic rings. The molecule has 0 radical (unpaired) electrons. The van der Waals surface area contributed by atoms with E-state index in [9.17, 15) is 9.59 Å². The number of methoxy groups -OCH3 is 2. The average Bonchev–Trinajstić information content (AvgIpc) is 2.72. The first-order valence-corrected chi connectivity index (χ1v) is 9.16. The van der Waals surface area contributed by atoms with Crippen LogP contribution in [0, 0.1) is 6.92 Å². The van der Waals surface area contributed by atoms with Crippen LogP contribution in [0.4, 0.5) is 5.69 Å². The van der Waals surface area contributed by atoms with Crippen molar-refractivity contribution in [3.8, 4) is 22.8 Å². The van der Waals surface area contributed by atoms with E-state index in [0.717, 1.165) is 10.2 Å². The summed E-state index contributed by atoms with van der Waals surface area (Å²) in [7, 11) is 3.10. The number of amides is 1. The van der Waals surface area contributed by atoms with Gasteiger partial charge < -0.3 is 14.8 Å². The molecule has 1 amide bonds. The van der Waals surface area contributed by atoms with Crippen molar-refractivity contribution in [3.05, 3.63) is 69.5 Å². The normalized spacial score (nSPS) is 10.5. The molecule has 0 unspecified atom stereocenters. The highest BCUT2D eigenvalue weighted by Gasteiger charge is 2.13. The number of ether oxygens (including phenoxy) is 2. The van der Waals surface area contributed by atoms with Crippen LogP contribution in [0.2, 0.25) is 5.02 Å². The van der Waals surface area contributed by atoms with Crippen molar-refractivity contribution < 1.29 is 14.3 Å². The third kappa shape index (κ3) is 4.57. The quantitative estimate of drug-likeness (QED) is 0.668. The molecule has 8 heteroatoms. The molecule has 0 aliphatic rings. The monoisotopic (exact) mass is 413 g/mol. The zero-order chi connectivity index (χ0) is 21.0. The van der Waals surface area contributed by atoms with E-state index in [4.69, 9.17) is 21.1 Å². The maximum atomic E-state index is 12.5. The summed E-state index contributed by atoms with van der Waals surface area (Å²) in [5.41, 5.74) is 2.12. The smallest absolute Gasteiger partial charge is 0.267 e. The predicted molar refractivity (Wildman–Crippen MR) is 112 cm³/mol. The molecule has 0 fully saturated rings. The molecule has 0 aliphatic carbocycles. The minimum atomic E-state index is -0.390. The maximum absolute atomic E-state index is 12.5. The molecule has 0 saturated heterocycles. The van der Waals surface area contributed by atoms with Crippen molar-refractivity contribution in [2.24, 2.45) is 0 Å². The summed E-state index contributed by atoms with van der Waals surface area (Å²) < 4.78 is 11.7. The highest BCUT2D eigenvalue weighted by atomic mass is 35.5. The van der Waals surface area contributed by atoms with Gasteiger partial charge in [-0.05, 0) is 42.8 Å². The molecule has 1 heterocycles. The van der Waals surface area contributed by atoms with Crippen LogP contribution >= 0.6 is 11.6 Å². The van der Waals surface area contributed by atoms with Crippen LogP contribution < -0.4 is 20.3 Å². The first-order valence-electron chi connectivity index (χ1n) is 8.78. The summed E-state index contributed by atoms with van der Waals surface area (Å²) in [5, 5.41) is 7.63. The summed E-state index contributed by atoms with van der Waals surface area (Å²) >= 11 is 6.08. The lowest BCUT2D eigenvalue weighted by Gasteiger charge is -2.12. The van der Waals surface area contributed by atoms with E-state index in [1.165, 1.54) is 13.2 Å². The molecule has 0 spiro atoms. The molecule has 1 N–H and O–H groups in total. The number of halogens is 1. The second kappa shape index (κ2) is 8.79. The van der Waals surface area contributed by atoms with Gasteiger partial charge >= 0.3 is 0 Å². The van der Waals surface area contributed by atoms with Crippen LogP contribution in [0.15, 0.2) is 53.3 Å². The van der Waals surface area contributed by atoms with E-state index in [0.29, 0.717) is 33.5 Å². The Morgan fingerprint density at radius 3 is 2.66 bits per heavy atom. The first kappa shape index (κ1) is 20.4. The van der Waals surface area contributed by atoms with Crippen LogP contribution in [0.5, 0.6) is 11.5 Å². The van der Waals surface area contributed by atoms with E-state index in [2.05, 4.69) is 10.4 Å². The minimum Gasteiger partial charge on any atom is -0.497 e. The van der Waals surface area contributed by atoms with Gasteiger partial charge in [0.15, 0.2) is 0 Å². The number of nitrogens with one attached hydrogen (secondary N) is 1. The fourth-order valence-electron chi connectivity index (χ4n) is 2.78. The number of carbonyl (C=O) groups is 1. The first-order chi connectivity index (χ1) is 13.9. The van der Waals surface area contributed by atoms with Gasteiger partial charge in [-0.3, -0.25) is 9.59 Å². The zero-order valence-corrected chi connectivity index (χ0v) is 17.0. The molecule has 3 rings (SSSR count). The molecule has 2 aromatic carbocycles. The van der Waals surface area contributed by atoms with Gasteiger partial charge in [0.1, 0.15) is 18.0 Å². The van der Waals surface area contributed by atoms with Crippen LogP contribution in [0.3, 0.4) is 0 Å². The summed E-state index contributed by atoms with van der Waals surface area (Å²) in [5.74, 6) is 0.792. The Kier molecular flexibility index (Phi) is 6.19. The van der Waals surface area contributed by atoms with Gasteiger partial charge in [-0.1, -0.05) is 17.7 Å². The van der Waals surface area contributed by atoms with Gasteiger partial charge in [-0.15, -0.1) is 0 Å². The molecule has 7 nitrogen and oxygen atoms in total. The van der Waals surface area contributed by atoms with Crippen LogP contribution in [0.25, 0.3) is 11.3 Å². The lowest BCUT2D eigenvalue weighted by molar-refractivity contribution is -0.117. The second-order valence-electron chi connectivity index (χ2n) is 6.24. The molecule has 0 saturated carbocycles. The summed E-state index contributed by atoms with van der Waals surface area (Å²) in [4.78, 5) is 24.7. The number of benzene rings is 2. The highest BCUT2D eigenvalue weighted by Crippen LogP contribution is 2.31. The lowest BCUT2D eigenvalue weighted by Crippen LogP contribution is -2.29. The van der Waals surface area contributed by atoms with Gasteiger partial charge in [0.2, 0.25) is 5.91 Å². The number of hydrogen-bond acceptors (Lipinski definition) is 5. The summed E-state index contributed by atoms with van der Waals surface area (Å²) in [6.07, 6.45) is 0. The molecule has 0 atom stereocenters. The van der Waals surface area contributed by atoms with Crippen molar-refractivity contribution in [1.29, 1.82) is 0 Å². The molecule has 0 bridgehead atoms. The molecule has 1 aromatic heterocycles.